The van der Waals surface area contributed by atoms with Gasteiger partial charge in [-0.25, -0.2) is 4.98 Å². The van der Waals surface area contributed by atoms with E-state index in [0.29, 0.717) is 50.9 Å². The lowest BCUT2D eigenvalue weighted by Gasteiger charge is -2.24. The molecule has 0 aliphatic carbocycles. The van der Waals surface area contributed by atoms with Crippen molar-refractivity contribution in [3.63, 3.8) is 0 Å². The van der Waals surface area contributed by atoms with Crippen LogP contribution in [-0.2, 0) is 4.74 Å². The zero-order chi connectivity index (χ0) is 15.6. The minimum Gasteiger partial charge on any atom is -0.490 e. The molecule has 3 rings (SSSR count). The van der Waals surface area contributed by atoms with Gasteiger partial charge in [-0.05, 0) is 12.1 Å². The zero-order valence-corrected chi connectivity index (χ0v) is 12.4. The summed E-state index contributed by atoms with van der Waals surface area (Å²) >= 11 is 0. The molecule has 7 heteroatoms. The van der Waals surface area contributed by atoms with Crippen molar-refractivity contribution in [2.75, 3.05) is 46.1 Å². The van der Waals surface area contributed by atoms with Crippen LogP contribution in [0, 0.1) is 11.3 Å². The number of nitrogens with zero attached hydrogens (tertiary/aromatic N) is 2. The Morgan fingerprint density at radius 1 is 1.64 bits per heavy atom. The zero-order valence-electron chi connectivity index (χ0n) is 12.4. The summed E-state index contributed by atoms with van der Waals surface area (Å²) in [6.45, 7) is 2.88. The van der Waals surface area contributed by atoms with Crippen molar-refractivity contribution < 1.29 is 19.4 Å². The predicted molar refractivity (Wildman–Crippen MR) is 78.5 cm³/mol. The summed E-state index contributed by atoms with van der Waals surface area (Å²) in [5.74, 6) is 0.456. The number of nitrogens with two attached hydrogens (primary N) is 1. The molecule has 1 aromatic rings. The second kappa shape index (κ2) is 6.20. The highest BCUT2D eigenvalue weighted by atomic mass is 16.5. The first-order valence-electron chi connectivity index (χ1n) is 7.46. The maximum atomic E-state index is 12.7. The maximum absolute atomic E-state index is 12.7. The summed E-state index contributed by atoms with van der Waals surface area (Å²) < 4.78 is 11.0. The van der Waals surface area contributed by atoms with Crippen LogP contribution in [0.5, 0.6) is 5.75 Å². The van der Waals surface area contributed by atoms with E-state index in [9.17, 15) is 9.90 Å². The lowest BCUT2D eigenvalue weighted by Crippen LogP contribution is -2.36. The summed E-state index contributed by atoms with van der Waals surface area (Å²) in [5.41, 5.74) is 5.41. The lowest BCUT2D eigenvalue weighted by atomic mass is 9.82. The standard InChI is InChI=1S/C15H21N3O4/c16-3-5-22-12-2-1-4-17-13(12)14(20)18-6-11-7-21-10-15(11,8-18)9-19/h1-2,4,11,19H,3,5-10,16H2/t11-,15-/m0/s1. The Labute approximate surface area is 129 Å². The van der Waals surface area contributed by atoms with E-state index in [4.69, 9.17) is 15.2 Å². The Morgan fingerprint density at radius 3 is 3.23 bits per heavy atom. The van der Waals surface area contributed by atoms with Gasteiger partial charge in [0, 0.05) is 37.2 Å². The number of rotatable bonds is 5. The highest BCUT2D eigenvalue weighted by Gasteiger charge is 2.51. The molecular formula is C15H21N3O4. The van der Waals surface area contributed by atoms with E-state index in [1.807, 2.05) is 0 Å². The number of likely N-dealkylation sites (tertiary alicyclic amines) is 1. The third-order valence-corrected chi connectivity index (χ3v) is 4.47. The van der Waals surface area contributed by atoms with Gasteiger partial charge in [-0.3, -0.25) is 4.79 Å². The molecule has 3 heterocycles. The minimum absolute atomic E-state index is 0.0280. The van der Waals surface area contributed by atoms with Crippen molar-refractivity contribution in [2.45, 2.75) is 0 Å². The molecule has 2 atom stereocenters. The van der Waals surface area contributed by atoms with Crippen LogP contribution in [0.2, 0.25) is 0 Å². The van der Waals surface area contributed by atoms with Crippen molar-refractivity contribution in [2.24, 2.45) is 17.1 Å². The first-order chi connectivity index (χ1) is 10.7. The van der Waals surface area contributed by atoms with Crippen molar-refractivity contribution in [1.82, 2.24) is 9.88 Å². The fourth-order valence-electron chi connectivity index (χ4n) is 3.20. The van der Waals surface area contributed by atoms with Gasteiger partial charge >= 0.3 is 0 Å². The lowest BCUT2D eigenvalue weighted by molar-refractivity contribution is 0.0623. The van der Waals surface area contributed by atoms with Crippen LogP contribution in [0.25, 0.3) is 0 Å². The van der Waals surface area contributed by atoms with Crippen LogP contribution in [0.4, 0.5) is 0 Å². The van der Waals surface area contributed by atoms with Crippen LogP contribution >= 0.6 is 0 Å². The average Bonchev–Trinajstić information content (AvgIpc) is 3.10. The molecule has 2 fully saturated rings. The molecule has 1 amide bonds. The fourth-order valence-corrected chi connectivity index (χ4v) is 3.20. The second-order valence-electron chi connectivity index (χ2n) is 5.91. The van der Waals surface area contributed by atoms with E-state index in [1.54, 1.807) is 23.2 Å². The number of aliphatic hydroxyl groups is 1. The van der Waals surface area contributed by atoms with E-state index >= 15 is 0 Å². The SMILES string of the molecule is NCCOc1cccnc1C(=O)N1C[C@H]2COC[C@@]2(CO)C1. The molecule has 2 saturated heterocycles. The average molecular weight is 307 g/mol. The van der Waals surface area contributed by atoms with Gasteiger partial charge in [-0.15, -0.1) is 0 Å². The molecule has 0 aromatic carbocycles. The van der Waals surface area contributed by atoms with Gasteiger partial charge in [0.25, 0.3) is 5.91 Å². The Morgan fingerprint density at radius 2 is 2.50 bits per heavy atom. The topological polar surface area (TPSA) is 97.9 Å². The summed E-state index contributed by atoms with van der Waals surface area (Å²) in [6.07, 6.45) is 1.57. The van der Waals surface area contributed by atoms with Crippen LogP contribution in [0.15, 0.2) is 18.3 Å². The monoisotopic (exact) mass is 307 g/mol. The maximum Gasteiger partial charge on any atom is 0.276 e. The number of carbonyl (C=O) groups is 1. The molecule has 2 aliphatic rings. The molecule has 7 nitrogen and oxygen atoms in total. The number of aromatic nitrogens is 1. The van der Waals surface area contributed by atoms with Crippen molar-refractivity contribution in [3.05, 3.63) is 24.0 Å². The number of pyridine rings is 1. The molecular weight excluding hydrogens is 286 g/mol. The Balaban J connectivity index is 1.78. The van der Waals surface area contributed by atoms with Gasteiger partial charge in [-0.1, -0.05) is 0 Å². The highest BCUT2D eigenvalue weighted by molar-refractivity contribution is 5.95. The van der Waals surface area contributed by atoms with Crippen molar-refractivity contribution in [1.29, 1.82) is 0 Å². The van der Waals surface area contributed by atoms with Gasteiger partial charge in [0.05, 0.1) is 19.8 Å². The molecule has 3 N–H and O–H groups in total. The number of ether oxygens (including phenoxy) is 2. The number of carbonyl (C=O) groups excluding carboxylic acids is 1. The van der Waals surface area contributed by atoms with Gasteiger partial charge in [-0.2, -0.15) is 0 Å². The van der Waals surface area contributed by atoms with Crippen molar-refractivity contribution >= 4 is 5.91 Å². The van der Waals surface area contributed by atoms with Crippen LogP contribution < -0.4 is 10.5 Å². The quantitative estimate of drug-likeness (QED) is 0.761. The molecule has 2 aliphatic heterocycles. The van der Waals surface area contributed by atoms with E-state index in [-0.39, 0.29) is 23.8 Å². The third kappa shape index (κ3) is 2.55. The van der Waals surface area contributed by atoms with Crippen LogP contribution in [0.1, 0.15) is 10.5 Å². The fraction of sp³-hybridized carbons (Fsp3) is 0.600. The van der Waals surface area contributed by atoms with Crippen LogP contribution in [0.3, 0.4) is 0 Å². The minimum atomic E-state index is -0.331. The Hall–Kier alpha value is -1.70. The molecule has 0 saturated carbocycles. The van der Waals surface area contributed by atoms with Crippen LogP contribution in [-0.4, -0.2) is 67.0 Å². The molecule has 22 heavy (non-hydrogen) atoms. The third-order valence-electron chi connectivity index (χ3n) is 4.47. The number of hydrogen-bond donors (Lipinski definition) is 2. The number of fused-ring (bicyclic) bond motifs is 1. The van der Waals surface area contributed by atoms with Gasteiger partial charge in [0.15, 0.2) is 11.4 Å². The summed E-state index contributed by atoms with van der Waals surface area (Å²) in [4.78, 5) is 18.7. The van der Waals surface area contributed by atoms with Crippen molar-refractivity contribution in [3.8, 4) is 5.75 Å². The number of amides is 1. The van der Waals surface area contributed by atoms with Gasteiger partial charge < -0.3 is 25.2 Å². The summed E-state index contributed by atoms with van der Waals surface area (Å²) in [6, 6.07) is 3.45. The molecule has 0 unspecified atom stereocenters. The van der Waals surface area contributed by atoms with E-state index in [2.05, 4.69) is 4.98 Å². The summed E-state index contributed by atoms with van der Waals surface area (Å²) in [7, 11) is 0. The largest absolute Gasteiger partial charge is 0.490 e. The molecule has 0 spiro atoms. The first kappa shape index (κ1) is 15.2. The Bertz CT molecular complexity index is 553. The Kier molecular flexibility index (Phi) is 4.28. The van der Waals surface area contributed by atoms with E-state index in [1.165, 1.54) is 0 Å². The van der Waals surface area contributed by atoms with E-state index in [0.717, 1.165) is 0 Å². The normalized spacial score (nSPS) is 27.0. The van der Waals surface area contributed by atoms with Gasteiger partial charge in [0.2, 0.25) is 0 Å². The smallest absolute Gasteiger partial charge is 0.276 e. The second-order valence-corrected chi connectivity index (χ2v) is 5.91. The summed E-state index contributed by atoms with van der Waals surface area (Å²) in [5, 5.41) is 9.70. The number of hydrogen-bond acceptors (Lipinski definition) is 6. The predicted octanol–water partition coefficient (Wildman–Crippen LogP) is -0.500. The molecule has 0 bridgehead atoms. The molecule has 0 radical (unpaired) electrons. The first-order valence-corrected chi connectivity index (χ1v) is 7.46. The molecule has 1 aromatic heterocycles. The van der Waals surface area contributed by atoms with E-state index < -0.39 is 0 Å². The van der Waals surface area contributed by atoms with Gasteiger partial charge in [0.1, 0.15) is 6.61 Å². The number of aliphatic hydroxyl groups excluding tert-OH is 1. The highest BCUT2D eigenvalue weighted by Crippen LogP contribution is 2.41. The molecule has 120 valence electrons.